The quantitative estimate of drug-likeness (QED) is 0.874. The molecule has 0 bridgehead atoms. The van der Waals surface area contributed by atoms with Crippen LogP contribution >= 0.6 is 0 Å². The second-order valence-electron chi connectivity index (χ2n) is 6.41. The molecule has 2 N–H and O–H groups in total. The van der Waals surface area contributed by atoms with Gasteiger partial charge in [-0.15, -0.1) is 0 Å². The molecule has 2 rings (SSSR count). The number of aliphatic carboxylic acids is 1. The molecule has 7 nitrogen and oxygen atoms in total. The molecule has 2 aromatic rings. The molecule has 0 aliphatic carbocycles. The lowest BCUT2D eigenvalue weighted by Gasteiger charge is -2.23. The number of fused-ring (bicyclic) bond motifs is 1. The van der Waals surface area contributed by atoms with Crippen molar-refractivity contribution in [1.82, 2.24) is 19.7 Å². The van der Waals surface area contributed by atoms with Crippen molar-refractivity contribution < 1.29 is 9.90 Å². The number of nitrogens with zero attached hydrogens (tertiary/aromatic N) is 4. The summed E-state index contributed by atoms with van der Waals surface area (Å²) in [4.78, 5) is 19.7. The van der Waals surface area contributed by atoms with Gasteiger partial charge in [0.2, 0.25) is 0 Å². The Morgan fingerprint density at radius 1 is 1.43 bits per heavy atom. The van der Waals surface area contributed by atoms with Gasteiger partial charge in [0.15, 0.2) is 5.65 Å². The third kappa shape index (κ3) is 3.68. The van der Waals surface area contributed by atoms with Crippen LogP contribution in [0.3, 0.4) is 0 Å². The molecule has 0 radical (unpaired) electrons. The van der Waals surface area contributed by atoms with Gasteiger partial charge >= 0.3 is 5.97 Å². The van der Waals surface area contributed by atoms with E-state index in [0.29, 0.717) is 18.8 Å². The van der Waals surface area contributed by atoms with Crippen molar-refractivity contribution >= 4 is 22.8 Å². The van der Waals surface area contributed by atoms with Crippen LogP contribution in [0.4, 0.5) is 5.82 Å². The summed E-state index contributed by atoms with van der Waals surface area (Å²) in [7, 11) is 1.80. The van der Waals surface area contributed by atoms with Crippen molar-refractivity contribution in [2.75, 3.05) is 11.9 Å². The van der Waals surface area contributed by atoms with Gasteiger partial charge in [-0.05, 0) is 11.8 Å². The van der Waals surface area contributed by atoms with Gasteiger partial charge in [-0.2, -0.15) is 5.10 Å². The van der Waals surface area contributed by atoms with E-state index in [9.17, 15) is 9.90 Å². The first kappa shape index (κ1) is 15.2. The summed E-state index contributed by atoms with van der Waals surface area (Å²) in [6, 6.07) is 0. The first-order valence-corrected chi connectivity index (χ1v) is 6.87. The first-order valence-electron chi connectivity index (χ1n) is 6.87. The van der Waals surface area contributed by atoms with Gasteiger partial charge in [-0.25, -0.2) is 9.97 Å². The SMILES string of the molecule is Cn1ncc2c(NCC(CC(C)(C)C)C(=O)O)ncnc21. The summed E-state index contributed by atoms with van der Waals surface area (Å²) in [6.45, 7) is 6.43. The second kappa shape index (κ2) is 5.67. The molecule has 2 heterocycles. The molecular formula is C14H21N5O2. The second-order valence-corrected chi connectivity index (χ2v) is 6.41. The van der Waals surface area contributed by atoms with Crippen LogP contribution in [0.15, 0.2) is 12.5 Å². The average molecular weight is 291 g/mol. The summed E-state index contributed by atoms with van der Waals surface area (Å²) in [5.74, 6) is -0.645. The van der Waals surface area contributed by atoms with Crippen LogP contribution in [0.2, 0.25) is 0 Å². The average Bonchev–Trinajstić information content (AvgIpc) is 2.75. The van der Waals surface area contributed by atoms with E-state index >= 15 is 0 Å². The van der Waals surface area contributed by atoms with Crippen molar-refractivity contribution in [1.29, 1.82) is 0 Å². The zero-order valence-corrected chi connectivity index (χ0v) is 12.8. The molecule has 0 fully saturated rings. The van der Waals surface area contributed by atoms with Crippen LogP contribution in [0, 0.1) is 11.3 Å². The van der Waals surface area contributed by atoms with Crippen molar-refractivity contribution in [3.8, 4) is 0 Å². The Kier molecular flexibility index (Phi) is 4.11. The van der Waals surface area contributed by atoms with Crippen LogP contribution in [0.5, 0.6) is 0 Å². The largest absolute Gasteiger partial charge is 0.481 e. The summed E-state index contributed by atoms with van der Waals surface area (Å²) in [5.41, 5.74) is 0.676. The standard InChI is InChI=1S/C14H21N5O2/c1-14(2,3)5-9(13(20)21)6-15-11-10-7-18-19(4)12(10)17-8-16-11/h7-9H,5-6H2,1-4H3,(H,20,21)(H,15,16,17). The summed E-state index contributed by atoms with van der Waals surface area (Å²) in [6.07, 6.45) is 3.72. The van der Waals surface area contributed by atoms with Crippen LogP contribution in [0.25, 0.3) is 11.0 Å². The molecule has 0 aliphatic heterocycles. The molecule has 1 atom stereocenters. The van der Waals surface area contributed by atoms with E-state index in [4.69, 9.17) is 0 Å². The third-order valence-corrected chi connectivity index (χ3v) is 3.25. The van der Waals surface area contributed by atoms with Crippen LogP contribution < -0.4 is 5.32 Å². The van der Waals surface area contributed by atoms with Crippen molar-refractivity contribution in [3.05, 3.63) is 12.5 Å². The number of hydrogen-bond donors (Lipinski definition) is 2. The smallest absolute Gasteiger partial charge is 0.308 e. The predicted molar refractivity (Wildman–Crippen MR) is 80.0 cm³/mol. The molecule has 2 aromatic heterocycles. The highest BCUT2D eigenvalue weighted by atomic mass is 16.4. The maximum Gasteiger partial charge on any atom is 0.308 e. The molecule has 7 heteroatoms. The van der Waals surface area contributed by atoms with Gasteiger partial charge in [0.1, 0.15) is 12.1 Å². The highest BCUT2D eigenvalue weighted by Gasteiger charge is 2.24. The molecule has 1 unspecified atom stereocenters. The first-order chi connectivity index (χ1) is 9.78. The zero-order valence-electron chi connectivity index (χ0n) is 12.8. The Balaban J connectivity index is 2.14. The maximum atomic E-state index is 11.4. The number of nitrogens with one attached hydrogen (secondary N) is 1. The van der Waals surface area contributed by atoms with Gasteiger partial charge in [0.05, 0.1) is 17.5 Å². The Morgan fingerprint density at radius 2 is 2.14 bits per heavy atom. The summed E-state index contributed by atoms with van der Waals surface area (Å²) in [5, 5.41) is 17.4. The number of aryl methyl sites for hydroxylation is 1. The number of aromatic nitrogens is 4. The normalized spacial score (nSPS) is 13.3. The van der Waals surface area contributed by atoms with Gasteiger partial charge in [-0.1, -0.05) is 20.8 Å². The number of rotatable bonds is 5. The lowest BCUT2D eigenvalue weighted by molar-refractivity contribution is -0.142. The molecule has 0 aromatic carbocycles. The topological polar surface area (TPSA) is 92.9 Å². The van der Waals surface area contributed by atoms with E-state index in [0.717, 1.165) is 11.0 Å². The minimum atomic E-state index is -0.797. The zero-order chi connectivity index (χ0) is 15.6. The lowest BCUT2D eigenvalue weighted by atomic mass is 9.84. The minimum absolute atomic E-state index is 0.0416. The Morgan fingerprint density at radius 3 is 2.76 bits per heavy atom. The van der Waals surface area contributed by atoms with E-state index in [1.54, 1.807) is 17.9 Å². The van der Waals surface area contributed by atoms with E-state index in [2.05, 4.69) is 20.4 Å². The number of carboxylic acid groups (broad SMARTS) is 1. The monoisotopic (exact) mass is 291 g/mol. The summed E-state index contributed by atoms with van der Waals surface area (Å²) < 4.78 is 1.66. The molecule has 114 valence electrons. The maximum absolute atomic E-state index is 11.4. The van der Waals surface area contributed by atoms with E-state index < -0.39 is 11.9 Å². The van der Waals surface area contributed by atoms with Crippen molar-refractivity contribution in [2.24, 2.45) is 18.4 Å². The molecular weight excluding hydrogens is 270 g/mol. The molecule has 21 heavy (non-hydrogen) atoms. The molecule has 0 saturated carbocycles. The van der Waals surface area contributed by atoms with Crippen LogP contribution in [-0.4, -0.2) is 37.4 Å². The van der Waals surface area contributed by atoms with Crippen LogP contribution in [-0.2, 0) is 11.8 Å². The Labute approximate surface area is 123 Å². The Hall–Kier alpha value is -2.18. The third-order valence-electron chi connectivity index (χ3n) is 3.25. The number of anilines is 1. The molecule has 0 amide bonds. The van der Waals surface area contributed by atoms with E-state index in [1.165, 1.54) is 6.33 Å². The van der Waals surface area contributed by atoms with Gasteiger partial charge in [0, 0.05) is 13.6 Å². The predicted octanol–water partition coefficient (Wildman–Crippen LogP) is 1.91. The van der Waals surface area contributed by atoms with Crippen LogP contribution in [0.1, 0.15) is 27.2 Å². The number of carboxylic acids is 1. The highest BCUT2D eigenvalue weighted by Crippen LogP contribution is 2.25. The van der Waals surface area contributed by atoms with Gasteiger partial charge < -0.3 is 10.4 Å². The van der Waals surface area contributed by atoms with E-state index in [-0.39, 0.29) is 5.41 Å². The Bertz CT molecular complexity index is 644. The van der Waals surface area contributed by atoms with Gasteiger partial charge in [0.25, 0.3) is 0 Å². The van der Waals surface area contributed by atoms with Crippen molar-refractivity contribution in [2.45, 2.75) is 27.2 Å². The number of hydrogen-bond acceptors (Lipinski definition) is 5. The molecule has 0 aliphatic rings. The lowest BCUT2D eigenvalue weighted by Crippen LogP contribution is -2.27. The highest BCUT2D eigenvalue weighted by molar-refractivity contribution is 5.86. The summed E-state index contributed by atoms with van der Waals surface area (Å²) >= 11 is 0. The van der Waals surface area contributed by atoms with Crippen molar-refractivity contribution in [3.63, 3.8) is 0 Å². The van der Waals surface area contributed by atoms with Gasteiger partial charge in [-0.3, -0.25) is 9.48 Å². The fourth-order valence-electron chi connectivity index (χ4n) is 2.31. The molecule has 0 spiro atoms. The molecule has 0 saturated heterocycles. The number of carbonyl (C=O) groups is 1. The van der Waals surface area contributed by atoms with E-state index in [1.807, 2.05) is 20.8 Å². The fraction of sp³-hybridized carbons (Fsp3) is 0.571. The fourth-order valence-corrected chi connectivity index (χ4v) is 2.31. The minimum Gasteiger partial charge on any atom is -0.481 e.